The highest BCUT2D eigenvalue weighted by Gasteiger charge is 2.39. The number of nitrogens with one attached hydrogen (secondary N) is 1. The lowest BCUT2D eigenvalue weighted by atomic mass is 9.80. The minimum atomic E-state index is 0.104. The van der Waals surface area contributed by atoms with Gasteiger partial charge in [0.2, 0.25) is 5.91 Å². The van der Waals surface area contributed by atoms with E-state index >= 15 is 0 Å². The first-order chi connectivity index (χ1) is 9.66. The van der Waals surface area contributed by atoms with Crippen LogP contribution in [0.25, 0.3) is 0 Å². The predicted molar refractivity (Wildman–Crippen MR) is 81.9 cm³/mol. The van der Waals surface area contributed by atoms with E-state index < -0.39 is 0 Å². The standard InChI is InChI=1S/C17H24N2O/c1-12(2)18-17(20)14-11-13-7-3-4-8-15(13)19-10-6-5-9-16(14)19/h3-4,7-8,12,14,16H,5-6,9-11H2,1-2H3,(H,18,20). The Balaban J connectivity index is 1.91. The maximum atomic E-state index is 12.5. The summed E-state index contributed by atoms with van der Waals surface area (Å²) in [5.74, 6) is 0.332. The molecule has 3 rings (SSSR count). The predicted octanol–water partition coefficient (Wildman–Crippen LogP) is 2.74. The van der Waals surface area contributed by atoms with Crippen LogP contribution < -0.4 is 10.2 Å². The highest BCUT2D eigenvalue weighted by molar-refractivity contribution is 5.82. The van der Waals surface area contributed by atoms with Crippen molar-refractivity contribution < 1.29 is 4.79 Å². The number of hydrogen-bond acceptors (Lipinski definition) is 2. The average Bonchev–Trinajstić information content (AvgIpc) is 2.45. The second-order valence-corrected chi connectivity index (χ2v) is 6.36. The van der Waals surface area contributed by atoms with Gasteiger partial charge in [0, 0.05) is 24.3 Å². The molecular weight excluding hydrogens is 248 g/mol. The van der Waals surface area contributed by atoms with Gasteiger partial charge in [0.25, 0.3) is 0 Å². The van der Waals surface area contributed by atoms with Gasteiger partial charge in [0.05, 0.1) is 5.92 Å². The summed E-state index contributed by atoms with van der Waals surface area (Å²) in [6.45, 7) is 5.16. The summed E-state index contributed by atoms with van der Waals surface area (Å²) >= 11 is 0. The first kappa shape index (κ1) is 13.5. The Bertz CT molecular complexity index is 498. The van der Waals surface area contributed by atoms with Gasteiger partial charge in [-0.1, -0.05) is 18.2 Å². The number of hydrogen-bond donors (Lipinski definition) is 1. The zero-order valence-corrected chi connectivity index (χ0v) is 12.4. The van der Waals surface area contributed by atoms with Crippen LogP contribution in [0.4, 0.5) is 5.69 Å². The Labute approximate surface area is 121 Å². The van der Waals surface area contributed by atoms with E-state index in [2.05, 4.69) is 34.5 Å². The summed E-state index contributed by atoms with van der Waals surface area (Å²) < 4.78 is 0. The van der Waals surface area contributed by atoms with E-state index in [1.54, 1.807) is 0 Å². The summed E-state index contributed by atoms with van der Waals surface area (Å²) in [7, 11) is 0. The maximum Gasteiger partial charge on any atom is 0.225 e. The van der Waals surface area contributed by atoms with Crippen LogP contribution >= 0.6 is 0 Å². The van der Waals surface area contributed by atoms with Gasteiger partial charge in [-0.3, -0.25) is 4.79 Å². The lowest BCUT2D eigenvalue weighted by Crippen LogP contribution is -2.53. The van der Waals surface area contributed by atoms with E-state index in [4.69, 9.17) is 0 Å². The molecule has 108 valence electrons. The van der Waals surface area contributed by atoms with Crippen molar-refractivity contribution in [2.75, 3.05) is 11.4 Å². The summed E-state index contributed by atoms with van der Waals surface area (Å²) in [5.41, 5.74) is 2.68. The number of anilines is 1. The summed E-state index contributed by atoms with van der Waals surface area (Å²) in [6, 6.07) is 9.19. The Morgan fingerprint density at radius 2 is 2.10 bits per heavy atom. The Morgan fingerprint density at radius 3 is 2.90 bits per heavy atom. The van der Waals surface area contributed by atoms with E-state index in [0.29, 0.717) is 6.04 Å². The van der Waals surface area contributed by atoms with Gasteiger partial charge < -0.3 is 10.2 Å². The third-order valence-corrected chi connectivity index (χ3v) is 4.52. The molecule has 0 saturated carbocycles. The summed E-state index contributed by atoms with van der Waals surface area (Å²) in [6.07, 6.45) is 4.51. The molecule has 2 aliphatic heterocycles. The molecule has 20 heavy (non-hydrogen) atoms. The highest BCUT2D eigenvalue weighted by Crippen LogP contribution is 2.38. The molecule has 0 bridgehead atoms. The molecule has 0 aromatic heterocycles. The van der Waals surface area contributed by atoms with Crippen LogP contribution in [-0.2, 0) is 11.2 Å². The van der Waals surface area contributed by atoms with Gasteiger partial charge in [-0.25, -0.2) is 0 Å². The van der Waals surface area contributed by atoms with Crippen molar-refractivity contribution >= 4 is 11.6 Å². The van der Waals surface area contributed by atoms with Crippen molar-refractivity contribution in [3.63, 3.8) is 0 Å². The van der Waals surface area contributed by atoms with Gasteiger partial charge in [0.15, 0.2) is 0 Å². The minimum absolute atomic E-state index is 0.104. The maximum absolute atomic E-state index is 12.5. The van der Waals surface area contributed by atoms with Crippen molar-refractivity contribution in [2.24, 2.45) is 5.92 Å². The molecule has 2 aliphatic rings. The monoisotopic (exact) mass is 272 g/mol. The Morgan fingerprint density at radius 1 is 1.30 bits per heavy atom. The van der Waals surface area contributed by atoms with Crippen molar-refractivity contribution in [1.29, 1.82) is 0 Å². The molecular formula is C17H24N2O. The molecule has 2 unspecified atom stereocenters. The Hall–Kier alpha value is -1.51. The van der Waals surface area contributed by atoms with E-state index in [1.165, 1.54) is 24.1 Å². The molecule has 1 aromatic carbocycles. The molecule has 1 fully saturated rings. The van der Waals surface area contributed by atoms with Crippen LogP contribution in [0.3, 0.4) is 0 Å². The largest absolute Gasteiger partial charge is 0.368 e. The second-order valence-electron chi connectivity index (χ2n) is 6.36. The summed E-state index contributed by atoms with van der Waals surface area (Å²) in [4.78, 5) is 15.0. The topological polar surface area (TPSA) is 32.3 Å². The lowest BCUT2D eigenvalue weighted by Gasteiger charge is -2.46. The quantitative estimate of drug-likeness (QED) is 0.898. The third kappa shape index (κ3) is 2.41. The molecule has 3 nitrogen and oxygen atoms in total. The number of nitrogens with zero attached hydrogens (tertiary/aromatic N) is 1. The van der Waals surface area contributed by atoms with E-state index in [1.807, 2.05) is 13.8 Å². The van der Waals surface area contributed by atoms with Crippen LogP contribution in [-0.4, -0.2) is 24.5 Å². The van der Waals surface area contributed by atoms with Gasteiger partial charge in [-0.15, -0.1) is 0 Å². The fourth-order valence-corrected chi connectivity index (χ4v) is 3.67. The average molecular weight is 272 g/mol. The van der Waals surface area contributed by atoms with Crippen molar-refractivity contribution in [1.82, 2.24) is 5.32 Å². The van der Waals surface area contributed by atoms with Crippen LogP contribution in [0.5, 0.6) is 0 Å². The van der Waals surface area contributed by atoms with Gasteiger partial charge in [0.1, 0.15) is 0 Å². The second kappa shape index (κ2) is 5.47. The van der Waals surface area contributed by atoms with E-state index in [-0.39, 0.29) is 17.9 Å². The molecule has 2 heterocycles. The molecule has 2 atom stereocenters. The number of rotatable bonds is 2. The smallest absolute Gasteiger partial charge is 0.225 e. The van der Waals surface area contributed by atoms with Crippen molar-refractivity contribution in [2.45, 2.75) is 51.6 Å². The van der Waals surface area contributed by atoms with Gasteiger partial charge in [-0.05, 0) is 51.2 Å². The Kier molecular flexibility index (Phi) is 3.68. The number of piperidine rings is 1. The summed E-state index contributed by atoms with van der Waals surface area (Å²) in [5, 5.41) is 3.11. The first-order valence-corrected chi connectivity index (χ1v) is 7.81. The molecule has 0 radical (unpaired) electrons. The number of carbonyl (C=O) groups excluding carboxylic acids is 1. The van der Waals surface area contributed by atoms with Crippen molar-refractivity contribution in [3.05, 3.63) is 29.8 Å². The minimum Gasteiger partial charge on any atom is -0.368 e. The normalized spacial score (nSPS) is 25.1. The van der Waals surface area contributed by atoms with Crippen LogP contribution in [0.2, 0.25) is 0 Å². The molecule has 1 amide bonds. The van der Waals surface area contributed by atoms with E-state index in [9.17, 15) is 4.79 Å². The van der Waals surface area contributed by atoms with Gasteiger partial charge >= 0.3 is 0 Å². The fourth-order valence-electron chi connectivity index (χ4n) is 3.67. The zero-order valence-electron chi connectivity index (χ0n) is 12.4. The van der Waals surface area contributed by atoms with Crippen LogP contribution in [0.15, 0.2) is 24.3 Å². The molecule has 0 aliphatic carbocycles. The fraction of sp³-hybridized carbons (Fsp3) is 0.588. The number of fused-ring (bicyclic) bond motifs is 3. The number of para-hydroxylation sites is 1. The molecule has 1 saturated heterocycles. The first-order valence-electron chi connectivity index (χ1n) is 7.81. The zero-order chi connectivity index (χ0) is 14.1. The molecule has 3 heteroatoms. The number of amides is 1. The lowest BCUT2D eigenvalue weighted by molar-refractivity contribution is -0.126. The molecule has 0 spiro atoms. The molecule has 1 aromatic rings. The highest BCUT2D eigenvalue weighted by atomic mass is 16.2. The van der Waals surface area contributed by atoms with E-state index in [0.717, 1.165) is 19.4 Å². The van der Waals surface area contributed by atoms with Gasteiger partial charge in [-0.2, -0.15) is 0 Å². The van der Waals surface area contributed by atoms with Crippen LogP contribution in [0, 0.1) is 5.92 Å². The number of carbonyl (C=O) groups is 1. The number of benzene rings is 1. The SMILES string of the molecule is CC(C)NC(=O)C1Cc2ccccc2N2CCCCC12. The van der Waals surface area contributed by atoms with Crippen molar-refractivity contribution in [3.8, 4) is 0 Å². The third-order valence-electron chi connectivity index (χ3n) is 4.52. The molecule has 1 N–H and O–H groups in total. The van der Waals surface area contributed by atoms with Crippen LogP contribution in [0.1, 0.15) is 38.7 Å².